The van der Waals surface area contributed by atoms with Crippen LogP contribution in [0, 0.1) is 3.57 Å². The van der Waals surface area contributed by atoms with Crippen LogP contribution in [0.5, 0.6) is 0 Å². The summed E-state index contributed by atoms with van der Waals surface area (Å²) in [5, 5.41) is 6.02. The molecule has 0 aliphatic rings. The van der Waals surface area contributed by atoms with Crippen LogP contribution in [0.15, 0.2) is 42.7 Å². The SMILES string of the molecule is CCNc1cnccc1C(=O)Nc1cccc(I)c1. The van der Waals surface area contributed by atoms with Gasteiger partial charge in [0.2, 0.25) is 0 Å². The highest BCUT2D eigenvalue weighted by Crippen LogP contribution is 2.17. The van der Waals surface area contributed by atoms with Gasteiger partial charge in [0, 0.05) is 22.0 Å². The van der Waals surface area contributed by atoms with Crippen molar-refractivity contribution in [1.82, 2.24) is 4.98 Å². The van der Waals surface area contributed by atoms with Gasteiger partial charge in [-0.05, 0) is 53.8 Å². The third-order valence-corrected chi connectivity index (χ3v) is 3.19. The molecule has 0 aliphatic heterocycles. The van der Waals surface area contributed by atoms with Gasteiger partial charge in [-0.25, -0.2) is 0 Å². The number of amides is 1. The highest BCUT2D eigenvalue weighted by molar-refractivity contribution is 14.1. The molecule has 2 N–H and O–H groups in total. The average Bonchev–Trinajstić information content (AvgIpc) is 2.39. The Morgan fingerprint density at radius 2 is 2.21 bits per heavy atom. The molecule has 19 heavy (non-hydrogen) atoms. The van der Waals surface area contributed by atoms with Gasteiger partial charge >= 0.3 is 0 Å². The number of halogens is 1. The van der Waals surface area contributed by atoms with Gasteiger partial charge in [-0.15, -0.1) is 0 Å². The van der Waals surface area contributed by atoms with Crippen LogP contribution in [-0.2, 0) is 0 Å². The summed E-state index contributed by atoms with van der Waals surface area (Å²) in [5.74, 6) is -0.139. The van der Waals surface area contributed by atoms with E-state index in [1.165, 1.54) is 0 Å². The zero-order valence-corrected chi connectivity index (χ0v) is 12.6. The van der Waals surface area contributed by atoms with Crippen molar-refractivity contribution in [2.45, 2.75) is 6.92 Å². The van der Waals surface area contributed by atoms with Crippen LogP contribution in [0.3, 0.4) is 0 Å². The van der Waals surface area contributed by atoms with E-state index in [4.69, 9.17) is 0 Å². The Hall–Kier alpha value is -1.63. The minimum atomic E-state index is -0.139. The molecule has 0 saturated heterocycles. The zero-order chi connectivity index (χ0) is 13.7. The van der Waals surface area contributed by atoms with Crippen molar-refractivity contribution in [3.8, 4) is 0 Å². The van der Waals surface area contributed by atoms with Gasteiger partial charge in [0.1, 0.15) is 0 Å². The third kappa shape index (κ3) is 3.66. The van der Waals surface area contributed by atoms with E-state index < -0.39 is 0 Å². The van der Waals surface area contributed by atoms with E-state index in [1.54, 1.807) is 18.5 Å². The molecule has 2 rings (SSSR count). The number of benzene rings is 1. The number of nitrogens with zero attached hydrogens (tertiary/aromatic N) is 1. The fourth-order valence-corrected chi connectivity index (χ4v) is 2.23. The van der Waals surface area contributed by atoms with Gasteiger partial charge in [0.05, 0.1) is 17.4 Å². The maximum Gasteiger partial charge on any atom is 0.257 e. The van der Waals surface area contributed by atoms with Gasteiger partial charge in [0.25, 0.3) is 5.91 Å². The van der Waals surface area contributed by atoms with E-state index in [0.717, 1.165) is 21.5 Å². The van der Waals surface area contributed by atoms with Gasteiger partial charge in [-0.2, -0.15) is 0 Å². The second kappa shape index (κ2) is 6.51. The summed E-state index contributed by atoms with van der Waals surface area (Å²) in [5.41, 5.74) is 2.12. The Morgan fingerprint density at radius 3 is 2.95 bits per heavy atom. The Kier molecular flexibility index (Phi) is 4.73. The molecule has 4 nitrogen and oxygen atoms in total. The smallest absolute Gasteiger partial charge is 0.257 e. The van der Waals surface area contributed by atoms with Crippen molar-refractivity contribution >= 4 is 39.9 Å². The number of hydrogen-bond donors (Lipinski definition) is 2. The highest BCUT2D eigenvalue weighted by Gasteiger charge is 2.11. The summed E-state index contributed by atoms with van der Waals surface area (Å²) < 4.78 is 1.08. The monoisotopic (exact) mass is 367 g/mol. The van der Waals surface area contributed by atoms with Gasteiger partial charge in [0.15, 0.2) is 0 Å². The first-order valence-electron chi connectivity index (χ1n) is 5.95. The molecule has 0 unspecified atom stereocenters. The average molecular weight is 367 g/mol. The quantitative estimate of drug-likeness (QED) is 0.815. The van der Waals surface area contributed by atoms with Crippen molar-refractivity contribution in [3.05, 3.63) is 51.9 Å². The molecule has 0 aliphatic carbocycles. The first-order chi connectivity index (χ1) is 9.20. The van der Waals surface area contributed by atoms with E-state index in [0.29, 0.717) is 5.56 Å². The summed E-state index contributed by atoms with van der Waals surface area (Å²) in [6.45, 7) is 2.73. The van der Waals surface area contributed by atoms with E-state index in [9.17, 15) is 4.79 Å². The minimum absolute atomic E-state index is 0.139. The minimum Gasteiger partial charge on any atom is -0.383 e. The van der Waals surface area contributed by atoms with Gasteiger partial charge < -0.3 is 10.6 Å². The number of rotatable bonds is 4. The molecule has 1 heterocycles. The topological polar surface area (TPSA) is 54.0 Å². The molecule has 0 fully saturated rings. The molecule has 0 bridgehead atoms. The number of aromatic nitrogens is 1. The van der Waals surface area contributed by atoms with Crippen LogP contribution in [0.1, 0.15) is 17.3 Å². The van der Waals surface area contributed by atoms with Crippen LogP contribution in [0.2, 0.25) is 0 Å². The number of carbonyl (C=O) groups excluding carboxylic acids is 1. The highest BCUT2D eigenvalue weighted by atomic mass is 127. The maximum atomic E-state index is 12.2. The predicted octanol–water partition coefficient (Wildman–Crippen LogP) is 3.37. The summed E-state index contributed by atoms with van der Waals surface area (Å²) in [6.07, 6.45) is 3.28. The summed E-state index contributed by atoms with van der Waals surface area (Å²) >= 11 is 2.21. The number of anilines is 2. The Morgan fingerprint density at radius 1 is 1.37 bits per heavy atom. The van der Waals surface area contributed by atoms with Crippen LogP contribution in [0.25, 0.3) is 0 Å². The van der Waals surface area contributed by atoms with Gasteiger partial charge in [-0.1, -0.05) is 6.07 Å². The molecule has 0 atom stereocenters. The van der Waals surface area contributed by atoms with Crippen molar-refractivity contribution in [1.29, 1.82) is 0 Å². The molecule has 5 heteroatoms. The molecular weight excluding hydrogens is 353 g/mol. The normalized spacial score (nSPS) is 10.0. The second-order valence-corrected chi connectivity index (χ2v) is 5.16. The number of nitrogens with one attached hydrogen (secondary N) is 2. The van der Waals surface area contributed by atoms with Crippen LogP contribution in [0.4, 0.5) is 11.4 Å². The molecule has 1 amide bonds. The molecule has 2 aromatic rings. The number of hydrogen-bond acceptors (Lipinski definition) is 3. The molecule has 1 aromatic heterocycles. The second-order valence-electron chi connectivity index (χ2n) is 3.92. The fourth-order valence-electron chi connectivity index (χ4n) is 1.69. The Balaban J connectivity index is 2.20. The van der Waals surface area contributed by atoms with E-state index in [1.807, 2.05) is 31.2 Å². The Labute approximate surface area is 125 Å². The molecule has 0 saturated carbocycles. The molecule has 98 valence electrons. The van der Waals surface area contributed by atoms with Crippen molar-refractivity contribution in [3.63, 3.8) is 0 Å². The molecule has 1 aromatic carbocycles. The van der Waals surface area contributed by atoms with E-state index in [-0.39, 0.29) is 5.91 Å². The van der Waals surface area contributed by atoms with Crippen LogP contribution >= 0.6 is 22.6 Å². The lowest BCUT2D eigenvalue weighted by atomic mass is 10.2. The van der Waals surface area contributed by atoms with Crippen LogP contribution < -0.4 is 10.6 Å². The standard InChI is InChI=1S/C14H14IN3O/c1-2-17-13-9-16-7-6-12(13)14(19)18-11-5-3-4-10(15)8-11/h3-9,17H,2H2,1H3,(H,18,19). The number of pyridine rings is 1. The van der Waals surface area contributed by atoms with Crippen LogP contribution in [-0.4, -0.2) is 17.4 Å². The first kappa shape index (κ1) is 13.8. The zero-order valence-electron chi connectivity index (χ0n) is 10.5. The lowest BCUT2D eigenvalue weighted by molar-refractivity contribution is 0.102. The van der Waals surface area contributed by atoms with Crippen molar-refractivity contribution < 1.29 is 4.79 Å². The Bertz CT molecular complexity index is 586. The molecule has 0 radical (unpaired) electrons. The predicted molar refractivity (Wildman–Crippen MR) is 85.5 cm³/mol. The van der Waals surface area contributed by atoms with Crippen molar-refractivity contribution in [2.75, 3.05) is 17.2 Å². The summed E-state index contributed by atoms with van der Waals surface area (Å²) in [6, 6.07) is 9.39. The fraction of sp³-hybridized carbons (Fsp3) is 0.143. The molecule has 0 spiro atoms. The largest absolute Gasteiger partial charge is 0.383 e. The van der Waals surface area contributed by atoms with Crippen molar-refractivity contribution in [2.24, 2.45) is 0 Å². The first-order valence-corrected chi connectivity index (χ1v) is 7.03. The molecular formula is C14H14IN3O. The maximum absolute atomic E-state index is 12.2. The summed E-state index contributed by atoms with van der Waals surface area (Å²) in [7, 11) is 0. The summed E-state index contributed by atoms with van der Waals surface area (Å²) in [4.78, 5) is 16.3. The van der Waals surface area contributed by atoms with Gasteiger partial charge in [-0.3, -0.25) is 9.78 Å². The number of carbonyl (C=O) groups is 1. The lowest BCUT2D eigenvalue weighted by Crippen LogP contribution is -2.15. The third-order valence-electron chi connectivity index (χ3n) is 2.52. The lowest BCUT2D eigenvalue weighted by Gasteiger charge is -2.10. The van der Waals surface area contributed by atoms with E-state index >= 15 is 0 Å². The van der Waals surface area contributed by atoms with E-state index in [2.05, 4.69) is 38.2 Å².